The first-order valence-electron chi connectivity index (χ1n) is 19.9. The Hall–Kier alpha value is -7.20. The highest BCUT2D eigenvalue weighted by atomic mass is 32.1. The van der Waals surface area contributed by atoms with Gasteiger partial charge in [0.1, 0.15) is 11.5 Å². The maximum atomic E-state index is 6.74. The quantitative estimate of drug-likeness (QED) is 0.178. The molecule has 13 rings (SSSR count). The van der Waals surface area contributed by atoms with Crippen LogP contribution < -0.4 is 9.64 Å². The molecule has 2 heterocycles. The van der Waals surface area contributed by atoms with Crippen LogP contribution >= 0.6 is 11.3 Å². The highest BCUT2D eigenvalue weighted by Gasteiger charge is 2.49. The molecule has 11 aromatic rings. The molecular formula is C55H33NOS. The van der Waals surface area contributed by atoms with Crippen molar-refractivity contribution in [3.8, 4) is 22.6 Å². The summed E-state index contributed by atoms with van der Waals surface area (Å²) in [5.41, 5.74) is 10.1. The molecule has 1 aliphatic carbocycles. The fraction of sp³-hybridized carbons (Fsp3) is 0.0182. The number of rotatable bonds is 3. The molecule has 2 aliphatic rings. The van der Waals surface area contributed by atoms with Crippen molar-refractivity contribution in [2.45, 2.75) is 5.41 Å². The minimum absolute atomic E-state index is 0.629. The van der Waals surface area contributed by atoms with E-state index in [0.29, 0.717) is 0 Å². The summed E-state index contributed by atoms with van der Waals surface area (Å²) in [6.07, 6.45) is 0. The van der Waals surface area contributed by atoms with Gasteiger partial charge in [-0.15, -0.1) is 11.3 Å². The molecule has 0 radical (unpaired) electrons. The molecule has 0 fully saturated rings. The van der Waals surface area contributed by atoms with E-state index in [-0.39, 0.29) is 0 Å². The van der Waals surface area contributed by atoms with E-state index in [1.165, 1.54) is 74.7 Å². The summed E-state index contributed by atoms with van der Waals surface area (Å²) in [5, 5.41) is 10.2. The van der Waals surface area contributed by atoms with Crippen LogP contribution in [0.15, 0.2) is 200 Å². The molecular weight excluding hydrogens is 723 g/mol. The highest BCUT2D eigenvalue weighted by molar-refractivity contribution is 7.26. The van der Waals surface area contributed by atoms with Crippen molar-refractivity contribution < 1.29 is 4.74 Å². The predicted molar refractivity (Wildman–Crippen MR) is 244 cm³/mol. The van der Waals surface area contributed by atoms with Crippen LogP contribution in [0.2, 0.25) is 0 Å². The highest BCUT2D eigenvalue weighted by Crippen LogP contribution is 2.61. The molecule has 0 saturated heterocycles. The molecule has 58 heavy (non-hydrogen) atoms. The minimum Gasteiger partial charge on any atom is -0.457 e. The Kier molecular flexibility index (Phi) is 6.56. The Morgan fingerprint density at radius 2 is 0.983 bits per heavy atom. The van der Waals surface area contributed by atoms with Crippen LogP contribution in [0.4, 0.5) is 17.1 Å². The Bertz CT molecular complexity index is 3470. The van der Waals surface area contributed by atoms with Crippen molar-refractivity contribution in [2.75, 3.05) is 4.90 Å². The van der Waals surface area contributed by atoms with Gasteiger partial charge in [0.05, 0.1) is 5.41 Å². The Morgan fingerprint density at radius 3 is 1.83 bits per heavy atom. The Balaban J connectivity index is 1.12. The third kappa shape index (κ3) is 4.31. The fourth-order valence-electron chi connectivity index (χ4n) is 10.2. The van der Waals surface area contributed by atoms with E-state index in [1.54, 1.807) is 0 Å². The van der Waals surface area contributed by atoms with Crippen LogP contribution in [0, 0.1) is 0 Å². The van der Waals surface area contributed by atoms with Gasteiger partial charge >= 0.3 is 0 Å². The molecule has 2 nitrogen and oxygen atoms in total. The van der Waals surface area contributed by atoms with Crippen molar-refractivity contribution in [3.05, 3.63) is 222 Å². The Labute approximate surface area is 339 Å². The van der Waals surface area contributed by atoms with Gasteiger partial charge in [0.15, 0.2) is 0 Å². The van der Waals surface area contributed by atoms with Gasteiger partial charge in [0.2, 0.25) is 0 Å². The average molecular weight is 756 g/mol. The SMILES string of the molecule is c1ccc2c(c1)Oc1ccccc1C21c2cc(N(c3ccc4ccccc4c3)c3ccc4c(c3)sc3c5ccccc5ccc43)ccc2-c2cccc3cccc1c23. The molecule has 0 saturated carbocycles. The third-order valence-corrected chi connectivity index (χ3v) is 13.9. The van der Waals surface area contributed by atoms with E-state index >= 15 is 0 Å². The molecule has 0 amide bonds. The van der Waals surface area contributed by atoms with Gasteiger partial charge in [-0.2, -0.15) is 0 Å². The molecule has 0 bridgehead atoms. The first-order chi connectivity index (χ1) is 28.7. The van der Waals surface area contributed by atoms with E-state index < -0.39 is 5.41 Å². The van der Waals surface area contributed by atoms with Crippen LogP contribution in [0.25, 0.3) is 63.6 Å². The lowest BCUT2D eigenvalue weighted by atomic mass is 9.58. The number of fused-ring (bicyclic) bond motifs is 14. The van der Waals surface area contributed by atoms with Crippen molar-refractivity contribution in [1.82, 2.24) is 0 Å². The van der Waals surface area contributed by atoms with Gasteiger partial charge in [-0.05, 0) is 103 Å². The number of para-hydroxylation sites is 2. The number of hydrogen-bond donors (Lipinski definition) is 0. The van der Waals surface area contributed by atoms with Crippen LogP contribution in [0.5, 0.6) is 11.5 Å². The zero-order valence-electron chi connectivity index (χ0n) is 31.3. The lowest BCUT2D eigenvalue weighted by molar-refractivity contribution is 0.435. The van der Waals surface area contributed by atoms with Gasteiger partial charge in [0.25, 0.3) is 0 Å². The number of anilines is 3. The minimum atomic E-state index is -0.629. The normalized spacial score (nSPS) is 13.4. The molecule has 270 valence electrons. The van der Waals surface area contributed by atoms with Crippen LogP contribution in [-0.2, 0) is 5.41 Å². The van der Waals surface area contributed by atoms with Gasteiger partial charge in [0, 0.05) is 48.4 Å². The standard InChI is InChI=1S/C55H33NOS/c1-2-13-37-31-38(25-23-34(37)11-1)56(40-27-30-43-45-28-24-35-12-3-4-16-41(35)54(45)58-52(43)33-40)39-26-29-42-44-17-9-14-36-15-10-20-48(53(36)44)55(49(42)32-39)46-18-5-7-21-50(46)57-51-22-8-6-19-47(51)55/h1-33H. The van der Waals surface area contributed by atoms with Crippen LogP contribution in [0.1, 0.15) is 22.3 Å². The lowest BCUT2D eigenvalue weighted by Crippen LogP contribution is -2.36. The van der Waals surface area contributed by atoms with Gasteiger partial charge in [-0.1, -0.05) is 152 Å². The number of ether oxygens (including phenoxy) is 1. The largest absolute Gasteiger partial charge is 0.457 e. The number of thiophene rings is 1. The van der Waals surface area contributed by atoms with Gasteiger partial charge in [-0.25, -0.2) is 0 Å². The topological polar surface area (TPSA) is 12.5 Å². The monoisotopic (exact) mass is 755 g/mol. The van der Waals surface area contributed by atoms with Crippen LogP contribution in [0.3, 0.4) is 0 Å². The summed E-state index contributed by atoms with van der Waals surface area (Å²) in [4.78, 5) is 2.46. The van der Waals surface area contributed by atoms with Gasteiger partial charge < -0.3 is 9.64 Å². The van der Waals surface area contributed by atoms with E-state index in [1.807, 2.05) is 11.3 Å². The second-order valence-corrected chi connectivity index (χ2v) is 16.6. The molecule has 0 atom stereocenters. The fourth-order valence-corrected chi connectivity index (χ4v) is 11.5. The number of nitrogens with zero attached hydrogens (tertiary/aromatic N) is 1. The molecule has 3 heteroatoms. The summed E-state index contributed by atoms with van der Waals surface area (Å²) in [7, 11) is 0. The predicted octanol–water partition coefficient (Wildman–Crippen LogP) is 15.5. The van der Waals surface area contributed by atoms with Crippen molar-refractivity contribution in [2.24, 2.45) is 0 Å². The number of hydrogen-bond acceptors (Lipinski definition) is 3. The van der Waals surface area contributed by atoms with E-state index in [4.69, 9.17) is 4.74 Å². The van der Waals surface area contributed by atoms with Crippen molar-refractivity contribution >= 4 is 80.9 Å². The zero-order valence-corrected chi connectivity index (χ0v) is 32.1. The summed E-state index contributed by atoms with van der Waals surface area (Å²) in [6.45, 7) is 0. The molecule has 10 aromatic carbocycles. The lowest BCUT2D eigenvalue weighted by Gasteiger charge is -2.45. The molecule has 1 aliphatic heterocycles. The van der Waals surface area contributed by atoms with Gasteiger partial charge in [-0.3, -0.25) is 0 Å². The Morgan fingerprint density at radius 1 is 0.379 bits per heavy atom. The smallest absolute Gasteiger partial charge is 0.132 e. The van der Waals surface area contributed by atoms with E-state index in [0.717, 1.165) is 39.7 Å². The molecule has 1 aromatic heterocycles. The maximum absolute atomic E-state index is 6.74. The van der Waals surface area contributed by atoms with E-state index in [2.05, 4.69) is 205 Å². The summed E-state index contributed by atoms with van der Waals surface area (Å²) < 4.78 is 9.36. The molecule has 1 spiro atoms. The van der Waals surface area contributed by atoms with Crippen molar-refractivity contribution in [3.63, 3.8) is 0 Å². The summed E-state index contributed by atoms with van der Waals surface area (Å²) >= 11 is 1.89. The third-order valence-electron chi connectivity index (χ3n) is 12.7. The van der Waals surface area contributed by atoms with Crippen LogP contribution in [-0.4, -0.2) is 0 Å². The average Bonchev–Trinajstić information content (AvgIpc) is 3.66. The second kappa shape index (κ2) is 11.9. The maximum Gasteiger partial charge on any atom is 0.132 e. The number of benzene rings is 10. The molecule has 0 N–H and O–H groups in total. The van der Waals surface area contributed by atoms with Crippen molar-refractivity contribution in [1.29, 1.82) is 0 Å². The first-order valence-corrected chi connectivity index (χ1v) is 20.7. The van der Waals surface area contributed by atoms with E-state index in [9.17, 15) is 0 Å². The second-order valence-electron chi connectivity index (χ2n) is 15.6. The zero-order chi connectivity index (χ0) is 38.0. The summed E-state index contributed by atoms with van der Waals surface area (Å²) in [5.74, 6) is 1.78. The summed E-state index contributed by atoms with van der Waals surface area (Å²) in [6, 6.07) is 73.9. The molecule has 0 unspecified atom stereocenters. The first kappa shape index (κ1) is 31.9.